The number of aryl methyl sites for hydroxylation is 2. The van der Waals surface area contributed by atoms with Gasteiger partial charge in [-0.1, -0.05) is 41.5 Å². The fourth-order valence-corrected chi connectivity index (χ4v) is 3.35. The smallest absolute Gasteiger partial charge is 0.172 e. The van der Waals surface area contributed by atoms with Crippen LogP contribution in [0, 0.1) is 17.4 Å². The minimum absolute atomic E-state index is 0.204. The summed E-state index contributed by atoms with van der Waals surface area (Å²) in [5.74, 6) is 1.63. The molecule has 0 fully saturated rings. The van der Waals surface area contributed by atoms with Crippen LogP contribution in [0.1, 0.15) is 27.0 Å². The number of benzene rings is 2. The Hall–Kier alpha value is -0.810. The molecule has 0 radical (unpaired) electrons. The van der Waals surface area contributed by atoms with Crippen LogP contribution in [-0.4, -0.2) is 11.5 Å². The van der Waals surface area contributed by atoms with E-state index >= 15 is 0 Å². The maximum Gasteiger partial charge on any atom is 0.172 e. The van der Waals surface area contributed by atoms with E-state index in [4.69, 9.17) is 0 Å². The number of Topliss-reactive ketones (excluding diaryl/α,β-unsaturated/α-hetero) is 1. The number of carbonyl (C=O) groups excluding carboxylic acids is 1. The van der Waals surface area contributed by atoms with Crippen molar-refractivity contribution in [2.24, 2.45) is 0 Å². The monoisotopic (exact) mass is 396 g/mol. The van der Waals surface area contributed by atoms with Gasteiger partial charge in [-0.15, -0.1) is 11.8 Å². The lowest BCUT2D eigenvalue weighted by atomic mass is 10.1. The van der Waals surface area contributed by atoms with Gasteiger partial charge in [0.15, 0.2) is 5.78 Å². The average Bonchev–Trinajstić information content (AvgIpc) is 2.38. The molecule has 0 aliphatic carbocycles. The van der Waals surface area contributed by atoms with Gasteiger partial charge in [0.1, 0.15) is 0 Å². The van der Waals surface area contributed by atoms with E-state index in [0.717, 1.165) is 14.9 Å². The van der Waals surface area contributed by atoms with Gasteiger partial charge in [-0.2, -0.15) is 0 Å². The van der Waals surface area contributed by atoms with Crippen molar-refractivity contribution in [3.05, 3.63) is 68.3 Å². The minimum Gasteiger partial charge on any atom is -0.293 e. The zero-order valence-electron chi connectivity index (χ0n) is 11.7. The van der Waals surface area contributed by atoms with Crippen LogP contribution in [0.5, 0.6) is 0 Å². The fourth-order valence-electron chi connectivity index (χ4n) is 2.13. The third-order valence-electron chi connectivity index (χ3n) is 2.95. The molecule has 3 heteroatoms. The molecule has 2 rings (SSSR count). The topological polar surface area (TPSA) is 17.1 Å². The molecule has 0 aromatic heterocycles. The highest BCUT2D eigenvalue weighted by atomic mass is 127. The normalized spacial score (nSPS) is 10.6. The van der Waals surface area contributed by atoms with E-state index in [9.17, 15) is 4.79 Å². The Kier molecular flexibility index (Phi) is 5.66. The average molecular weight is 396 g/mol. The molecule has 20 heavy (non-hydrogen) atoms. The van der Waals surface area contributed by atoms with Crippen LogP contribution in [-0.2, 0) is 5.75 Å². The SMILES string of the molecule is Cc1cc(C)cc(CSCC(=O)c2ccc(I)cc2)c1. The Morgan fingerprint density at radius 3 is 2.25 bits per heavy atom. The molecule has 0 aliphatic rings. The van der Waals surface area contributed by atoms with Crippen LogP contribution < -0.4 is 0 Å². The molecule has 1 nitrogen and oxygen atoms in total. The van der Waals surface area contributed by atoms with E-state index < -0.39 is 0 Å². The van der Waals surface area contributed by atoms with Crippen molar-refractivity contribution in [1.29, 1.82) is 0 Å². The van der Waals surface area contributed by atoms with Crippen LogP contribution in [0.3, 0.4) is 0 Å². The molecule has 0 saturated heterocycles. The van der Waals surface area contributed by atoms with E-state index in [-0.39, 0.29) is 5.78 Å². The summed E-state index contributed by atoms with van der Waals surface area (Å²) in [5, 5.41) is 0. The van der Waals surface area contributed by atoms with E-state index in [1.165, 1.54) is 16.7 Å². The number of thioether (sulfide) groups is 1. The summed E-state index contributed by atoms with van der Waals surface area (Å²) in [6.45, 7) is 4.22. The molecule has 0 unspecified atom stereocenters. The first kappa shape index (κ1) is 15.6. The summed E-state index contributed by atoms with van der Waals surface area (Å²) in [6.07, 6.45) is 0. The van der Waals surface area contributed by atoms with Gasteiger partial charge in [-0.3, -0.25) is 4.79 Å². The van der Waals surface area contributed by atoms with Crippen LogP contribution in [0.15, 0.2) is 42.5 Å². The molecular weight excluding hydrogens is 379 g/mol. The number of hydrogen-bond acceptors (Lipinski definition) is 2. The molecule has 0 spiro atoms. The first-order valence-corrected chi connectivity index (χ1v) is 8.71. The Balaban J connectivity index is 1.89. The molecule has 2 aromatic rings. The summed E-state index contributed by atoms with van der Waals surface area (Å²) in [6, 6.07) is 14.3. The van der Waals surface area contributed by atoms with Crippen LogP contribution >= 0.6 is 34.4 Å². The van der Waals surface area contributed by atoms with Crippen molar-refractivity contribution in [2.45, 2.75) is 19.6 Å². The zero-order valence-corrected chi connectivity index (χ0v) is 14.6. The standard InChI is InChI=1S/C17H17IOS/c1-12-7-13(2)9-14(8-12)10-20-11-17(19)15-3-5-16(18)6-4-15/h3-9H,10-11H2,1-2H3. The third-order valence-corrected chi connectivity index (χ3v) is 4.67. The lowest BCUT2D eigenvalue weighted by Crippen LogP contribution is -2.02. The molecule has 0 saturated carbocycles. The first-order valence-electron chi connectivity index (χ1n) is 6.48. The second-order valence-corrected chi connectivity index (χ2v) is 7.15. The van der Waals surface area contributed by atoms with Crippen molar-refractivity contribution in [2.75, 3.05) is 5.75 Å². The van der Waals surface area contributed by atoms with Crippen molar-refractivity contribution in [3.8, 4) is 0 Å². The van der Waals surface area contributed by atoms with Crippen LogP contribution in [0.4, 0.5) is 0 Å². The highest BCUT2D eigenvalue weighted by molar-refractivity contribution is 14.1. The van der Waals surface area contributed by atoms with Gasteiger partial charge in [0.05, 0.1) is 5.75 Å². The predicted molar refractivity (Wildman–Crippen MR) is 95.6 cm³/mol. The minimum atomic E-state index is 0.204. The zero-order chi connectivity index (χ0) is 14.5. The van der Waals surface area contributed by atoms with Gasteiger partial charge in [0.25, 0.3) is 0 Å². The molecule has 0 amide bonds. The second kappa shape index (κ2) is 7.27. The number of rotatable bonds is 5. The largest absolute Gasteiger partial charge is 0.293 e. The summed E-state index contributed by atoms with van der Waals surface area (Å²) < 4.78 is 1.15. The van der Waals surface area contributed by atoms with E-state index in [0.29, 0.717) is 5.75 Å². The summed E-state index contributed by atoms with van der Waals surface area (Å²) >= 11 is 3.93. The first-order chi connectivity index (χ1) is 9.54. The number of halogens is 1. The highest BCUT2D eigenvalue weighted by Crippen LogP contribution is 2.17. The number of carbonyl (C=O) groups is 1. The Morgan fingerprint density at radius 2 is 1.65 bits per heavy atom. The quantitative estimate of drug-likeness (QED) is 0.521. The van der Waals surface area contributed by atoms with Crippen LogP contribution in [0.25, 0.3) is 0 Å². The van der Waals surface area contributed by atoms with E-state index in [1.54, 1.807) is 11.8 Å². The van der Waals surface area contributed by atoms with Gasteiger partial charge >= 0.3 is 0 Å². The van der Waals surface area contributed by atoms with Crippen molar-refractivity contribution in [1.82, 2.24) is 0 Å². The molecule has 0 atom stereocenters. The molecule has 2 aromatic carbocycles. The molecule has 0 N–H and O–H groups in total. The van der Waals surface area contributed by atoms with Gasteiger partial charge < -0.3 is 0 Å². The van der Waals surface area contributed by atoms with Gasteiger partial charge in [-0.05, 0) is 54.1 Å². The van der Waals surface area contributed by atoms with E-state index in [1.807, 2.05) is 24.3 Å². The second-order valence-electron chi connectivity index (χ2n) is 4.92. The Labute approximate surface area is 138 Å². The predicted octanol–water partition coefficient (Wildman–Crippen LogP) is 5.02. The highest BCUT2D eigenvalue weighted by Gasteiger charge is 2.06. The fraction of sp³-hybridized carbons (Fsp3) is 0.235. The molecular formula is C17H17IOS. The number of hydrogen-bond donors (Lipinski definition) is 0. The van der Waals surface area contributed by atoms with Gasteiger partial charge in [0.2, 0.25) is 0 Å². The lowest BCUT2D eigenvalue weighted by Gasteiger charge is -2.05. The third kappa shape index (κ3) is 4.63. The van der Waals surface area contributed by atoms with Crippen molar-refractivity contribution < 1.29 is 4.79 Å². The summed E-state index contributed by atoms with van der Waals surface area (Å²) in [4.78, 5) is 12.1. The lowest BCUT2D eigenvalue weighted by molar-refractivity contribution is 0.102. The maximum absolute atomic E-state index is 12.1. The molecule has 0 bridgehead atoms. The summed E-state index contributed by atoms with van der Waals surface area (Å²) in [5.41, 5.74) is 4.66. The Bertz CT molecular complexity index is 585. The van der Waals surface area contributed by atoms with Crippen molar-refractivity contribution in [3.63, 3.8) is 0 Å². The Morgan fingerprint density at radius 1 is 1.05 bits per heavy atom. The molecule has 0 heterocycles. The summed E-state index contributed by atoms with van der Waals surface area (Å²) in [7, 11) is 0. The van der Waals surface area contributed by atoms with Gasteiger partial charge in [-0.25, -0.2) is 0 Å². The van der Waals surface area contributed by atoms with Gasteiger partial charge in [0, 0.05) is 14.9 Å². The number of ketones is 1. The van der Waals surface area contributed by atoms with E-state index in [2.05, 4.69) is 54.6 Å². The van der Waals surface area contributed by atoms with Crippen LogP contribution in [0.2, 0.25) is 0 Å². The molecule has 104 valence electrons. The maximum atomic E-state index is 12.1. The molecule has 0 aliphatic heterocycles. The van der Waals surface area contributed by atoms with Crippen molar-refractivity contribution >= 4 is 40.1 Å².